The summed E-state index contributed by atoms with van der Waals surface area (Å²) < 4.78 is 38.7. The lowest BCUT2D eigenvalue weighted by atomic mass is 10.3. The third-order valence-electron chi connectivity index (χ3n) is 3.26. The predicted molar refractivity (Wildman–Crippen MR) is 80.1 cm³/mol. The minimum atomic E-state index is -4.39. The summed E-state index contributed by atoms with van der Waals surface area (Å²) in [4.78, 5) is 19.3. The smallest absolute Gasteiger partial charge is 0.370 e. The number of rotatable bonds is 7. The van der Waals surface area contributed by atoms with E-state index in [1.165, 1.54) is 23.4 Å². The molecule has 0 aromatic carbocycles. The standard InChI is InChI=1S/C14H17F3N6O/c1-10(23-9-18-8-22-23)13(24)20-6-2-5-19-12-4-3-11(7-21-12)14(15,16)17/h3-4,7-10H,2,5-6H2,1H3,(H,19,21)(H,20,24)/t10-/m0/s1. The quantitative estimate of drug-likeness (QED) is 0.751. The molecule has 7 nitrogen and oxygen atoms in total. The molecule has 0 bridgehead atoms. The third-order valence-corrected chi connectivity index (χ3v) is 3.26. The van der Waals surface area contributed by atoms with Crippen molar-refractivity contribution in [2.75, 3.05) is 18.4 Å². The van der Waals surface area contributed by atoms with Crippen LogP contribution >= 0.6 is 0 Å². The second kappa shape index (κ2) is 7.75. The Morgan fingerprint density at radius 3 is 2.71 bits per heavy atom. The van der Waals surface area contributed by atoms with Gasteiger partial charge in [-0.25, -0.2) is 14.6 Å². The Hall–Kier alpha value is -2.65. The number of amides is 1. The van der Waals surface area contributed by atoms with E-state index >= 15 is 0 Å². The lowest BCUT2D eigenvalue weighted by Gasteiger charge is -2.12. The fraction of sp³-hybridized carbons (Fsp3) is 0.429. The molecule has 130 valence electrons. The maximum Gasteiger partial charge on any atom is 0.417 e. The number of aromatic nitrogens is 4. The number of alkyl halides is 3. The molecule has 2 rings (SSSR count). The second-order valence-electron chi connectivity index (χ2n) is 5.05. The van der Waals surface area contributed by atoms with Crippen molar-refractivity contribution in [2.45, 2.75) is 25.6 Å². The van der Waals surface area contributed by atoms with Crippen LogP contribution < -0.4 is 10.6 Å². The topological polar surface area (TPSA) is 84.7 Å². The summed E-state index contributed by atoms with van der Waals surface area (Å²) in [5, 5.41) is 9.54. The first-order chi connectivity index (χ1) is 11.4. The van der Waals surface area contributed by atoms with Crippen LogP contribution in [0.2, 0.25) is 0 Å². The van der Waals surface area contributed by atoms with Crippen LogP contribution in [-0.4, -0.2) is 38.7 Å². The van der Waals surface area contributed by atoms with Crippen LogP contribution in [0, 0.1) is 0 Å². The highest BCUT2D eigenvalue weighted by Crippen LogP contribution is 2.28. The van der Waals surface area contributed by atoms with Gasteiger partial charge in [-0.05, 0) is 25.5 Å². The summed E-state index contributed by atoms with van der Waals surface area (Å²) >= 11 is 0. The maximum atomic E-state index is 12.4. The van der Waals surface area contributed by atoms with Crippen molar-refractivity contribution in [2.24, 2.45) is 0 Å². The van der Waals surface area contributed by atoms with Crippen LogP contribution in [0.5, 0.6) is 0 Å². The van der Waals surface area contributed by atoms with Crippen LogP contribution in [-0.2, 0) is 11.0 Å². The third kappa shape index (κ3) is 4.93. The summed E-state index contributed by atoms with van der Waals surface area (Å²) in [6.07, 6.45) is -0.203. The lowest BCUT2D eigenvalue weighted by Crippen LogP contribution is -2.32. The Balaban J connectivity index is 1.67. The van der Waals surface area contributed by atoms with Gasteiger partial charge in [0, 0.05) is 19.3 Å². The summed E-state index contributed by atoms with van der Waals surface area (Å²) in [7, 11) is 0. The van der Waals surface area contributed by atoms with Crippen LogP contribution in [0.3, 0.4) is 0 Å². The molecule has 1 amide bonds. The molecule has 0 aliphatic heterocycles. The molecule has 2 aromatic heterocycles. The van der Waals surface area contributed by atoms with E-state index in [1.54, 1.807) is 6.92 Å². The zero-order valence-electron chi connectivity index (χ0n) is 12.9. The number of hydrogen-bond acceptors (Lipinski definition) is 5. The number of anilines is 1. The Bertz CT molecular complexity index is 642. The Morgan fingerprint density at radius 1 is 1.33 bits per heavy atom. The molecular weight excluding hydrogens is 325 g/mol. The highest BCUT2D eigenvalue weighted by atomic mass is 19.4. The van der Waals surface area contributed by atoms with Gasteiger partial charge in [-0.2, -0.15) is 18.3 Å². The molecule has 2 aromatic rings. The molecule has 1 atom stereocenters. The number of hydrogen-bond donors (Lipinski definition) is 2. The number of carbonyl (C=O) groups is 1. The fourth-order valence-electron chi connectivity index (χ4n) is 1.87. The molecule has 0 unspecified atom stereocenters. The number of halogens is 3. The number of nitrogens with zero attached hydrogens (tertiary/aromatic N) is 4. The molecule has 0 spiro atoms. The zero-order valence-corrected chi connectivity index (χ0v) is 12.9. The van der Waals surface area contributed by atoms with E-state index in [1.807, 2.05) is 0 Å². The Kier molecular flexibility index (Phi) is 5.72. The molecule has 24 heavy (non-hydrogen) atoms. The number of pyridine rings is 1. The number of carbonyl (C=O) groups excluding carboxylic acids is 1. The van der Waals surface area contributed by atoms with Gasteiger partial charge in [0.15, 0.2) is 0 Å². The van der Waals surface area contributed by atoms with Crippen molar-refractivity contribution in [1.29, 1.82) is 0 Å². The highest BCUT2D eigenvalue weighted by Gasteiger charge is 2.30. The average molecular weight is 342 g/mol. The molecule has 0 radical (unpaired) electrons. The number of nitrogens with one attached hydrogen (secondary N) is 2. The zero-order chi connectivity index (χ0) is 17.6. The molecular formula is C14H17F3N6O. The molecule has 0 fully saturated rings. The summed E-state index contributed by atoms with van der Waals surface area (Å²) in [6, 6.07) is 1.78. The van der Waals surface area contributed by atoms with Gasteiger partial charge >= 0.3 is 6.18 Å². The fourth-order valence-corrected chi connectivity index (χ4v) is 1.87. The largest absolute Gasteiger partial charge is 0.417 e. The van der Waals surface area contributed by atoms with E-state index in [0.29, 0.717) is 25.3 Å². The first kappa shape index (κ1) is 17.7. The van der Waals surface area contributed by atoms with Gasteiger partial charge in [0.05, 0.1) is 5.56 Å². The van der Waals surface area contributed by atoms with Crippen molar-refractivity contribution in [3.8, 4) is 0 Å². The van der Waals surface area contributed by atoms with Crippen molar-refractivity contribution in [1.82, 2.24) is 25.1 Å². The molecule has 2 N–H and O–H groups in total. The predicted octanol–water partition coefficient (Wildman–Crippen LogP) is 1.87. The SMILES string of the molecule is C[C@@H](C(=O)NCCCNc1ccc(C(F)(F)F)cn1)n1cncn1. The summed E-state index contributed by atoms with van der Waals surface area (Å²) in [5.74, 6) is 0.165. The first-order valence-electron chi connectivity index (χ1n) is 7.27. The van der Waals surface area contributed by atoms with Gasteiger partial charge in [0.1, 0.15) is 24.5 Å². The van der Waals surface area contributed by atoms with Crippen LogP contribution in [0.25, 0.3) is 0 Å². The molecule has 0 aliphatic carbocycles. The van der Waals surface area contributed by atoms with Crippen molar-refractivity contribution < 1.29 is 18.0 Å². The van der Waals surface area contributed by atoms with E-state index in [2.05, 4.69) is 25.7 Å². The van der Waals surface area contributed by atoms with Gasteiger partial charge in [0.2, 0.25) is 5.91 Å². The van der Waals surface area contributed by atoms with Crippen molar-refractivity contribution in [3.63, 3.8) is 0 Å². The monoisotopic (exact) mass is 342 g/mol. The van der Waals surface area contributed by atoms with E-state index in [9.17, 15) is 18.0 Å². The highest BCUT2D eigenvalue weighted by molar-refractivity contribution is 5.79. The molecule has 0 aliphatic rings. The van der Waals surface area contributed by atoms with E-state index < -0.39 is 17.8 Å². The molecule has 0 saturated carbocycles. The van der Waals surface area contributed by atoms with Crippen LogP contribution in [0.15, 0.2) is 31.0 Å². The average Bonchev–Trinajstić information content (AvgIpc) is 3.07. The molecule has 2 heterocycles. The van der Waals surface area contributed by atoms with Gasteiger partial charge in [0.25, 0.3) is 0 Å². The van der Waals surface area contributed by atoms with E-state index in [4.69, 9.17) is 0 Å². The molecule has 10 heteroatoms. The van der Waals surface area contributed by atoms with Crippen molar-refractivity contribution in [3.05, 3.63) is 36.5 Å². The van der Waals surface area contributed by atoms with Gasteiger partial charge in [-0.1, -0.05) is 0 Å². The van der Waals surface area contributed by atoms with Crippen molar-refractivity contribution >= 4 is 11.7 Å². The normalized spacial score (nSPS) is 12.7. The van der Waals surface area contributed by atoms with Crippen LogP contribution in [0.1, 0.15) is 24.9 Å². The molecule has 0 saturated heterocycles. The van der Waals surface area contributed by atoms with Gasteiger partial charge in [-0.3, -0.25) is 4.79 Å². The Labute approximate surface area is 136 Å². The second-order valence-corrected chi connectivity index (χ2v) is 5.05. The van der Waals surface area contributed by atoms with Gasteiger partial charge < -0.3 is 10.6 Å². The minimum Gasteiger partial charge on any atom is -0.370 e. The van der Waals surface area contributed by atoms with E-state index in [0.717, 1.165) is 12.3 Å². The van der Waals surface area contributed by atoms with Gasteiger partial charge in [-0.15, -0.1) is 0 Å². The minimum absolute atomic E-state index is 0.187. The summed E-state index contributed by atoms with van der Waals surface area (Å²) in [6.45, 7) is 2.59. The maximum absolute atomic E-state index is 12.4. The van der Waals surface area contributed by atoms with E-state index in [-0.39, 0.29) is 5.91 Å². The first-order valence-corrected chi connectivity index (χ1v) is 7.27. The summed E-state index contributed by atoms with van der Waals surface area (Å²) in [5.41, 5.74) is -0.789. The lowest BCUT2D eigenvalue weighted by molar-refractivity contribution is -0.137. The van der Waals surface area contributed by atoms with Crippen LogP contribution in [0.4, 0.5) is 19.0 Å². The Morgan fingerprint density at radius 2 is 2.12 bits per heavy atom.